The van der Waals surface area contributed by atoms with Crippen molar-refractivity contribution in [2.75, 3.05) is 17.1 Å². The van der Waals surface area contributed by atoms with Crippen LogP contribution in [-0.2, 0) is 32.3 Å². The molecule has 1 N–H and O–H groups in total. The van der Waals surface area contributed by atoms with Crippen LogP contribution in [0.5, 0.6) is 0 Å². The predicted octanol–water partition coefficient (Wildman–Crippen LogP) is 5.11. The minimum absolute atomic E-state index is 0.187. The molecule has 2 amide bonds. The van der Waals surface area contributed by atoms with Gasteiger partial charge in [-0.25, -0.2) is 8.42 Å². The minimum atomic E-state index is -4.72. The number of amides is 2. The maximum atomic E-state index is 13.5. The van der Waals surface area contributed by atoms with Crippen molar-refractivity contribution in [3.63, 3.8) is 0 Å². The molecule has 0 aliphatic carbocycles. The number of carbonyl (C=O) groups excluding carboxylic acids is 2. The van der Waals surface area contributed by atoms with Gasteiger partial charge in [-0.3, -0.25) is 13.9 Å². The Morgan fingerprint density at radius 3 is 2.19 bits per heavy atom. The topological polar surface area (TPSA) is 86.8 Å². The van der Waals surface area contributed by atoms with Crippen molar-refractivity contribution in [2.45, 2.75) is 52.0 Å². The molecular formula is C24H28Cl2F3N3O4S. The first kappa shape index (κ1) is 30.7. The van der Waals surface area contributed by atoms with Gasteiger partial charge in [0.15, 0.2) is 0 Å². The second kappa shape index (κ2) is 11.5. The number of anilines is 1. The molecule has 0 aromatic heterocycles. The van der Waals surface area contributed by atoms with Crippen molar-refractivity contribution in [2.24, 2.45) is 0 Å². The highest BCUT2D eigenvalue weighted by atomic mass is 35.5. The summed E-state index contributed by atoms with van der Waals surface area (Å²) in [6, 6.07) is 7.10. The average molecular weight is 582 g/mol. The van der Waals surface area contributed by atoms with E-state index < -0.39 is 51.7 Å². The fourth-order valence-corrected chi connectivity index (χ4v) is 4.65. The molecule has 13 heteroatoms. The van der Waals surface area contributed by atoms with E-state index in [1.54, 1.807) is 26.8 Å². The zero-order chi connectivity index (χ0) is 28.3. The summed E-state index contributed by atoms with van der Waals surface area (Å²) < 4.78 is 65.4. The zero-order valence-electron chi connectivity index (χ0n) is 20.9. The molecule has 0 aliphatic heterocycles. The molecular weight excluding hydrogens is 554 g/mol. The van der Waals surface area contributed by atoms with E-state index in [1.165, 1.54) is 19.1 Å². The van der Waals surface area contributed by atoms with Gasteiger partial charge in [0.25, 0.3) is 0 Å². The number of nitrogens with one attached hydrogen (secondary N) is 1. The lowest BCUT2D eigenvalue weighted by molar-refractivity contribution is -0.140. The molecule has 2 aromatic rings. The van der Waals surface area contributed by atoms with Crippen LogP contribution in [-0.4, -0.2) is 49.5 Å². The smallest absolute Gasteiger partial charge is 0.350 e. The molecule has 0 radical (unpaired) electrons. The fourth-order valence-electron chi connectivity index (χ4n) is 3.34. The molecule has 0 fully saturated rings. The van der Waals surface area contributed by atoms with Crippen LogP contribution in [0.2, 0.25) is 10.0 Å². The van der Waals surface area contributed by atoms with E-state index in [9.17, 15) is 31.2 Å². The summed E-state index contributed by atoms with van der Waals surface area (Å²) >= 11 is 12.2. The van der Waals surface area contributed by atoms with Crippen LogP contribution < -0.4 is 9.62 Å². The van der Waals surface area contributed by atoms with Crippen molar-refractivity contribution in [1.29, 1.82) is 0 Å². The second-order valence-corrected chi connectivity index (χ2v) is 12.2. The van der Waals surface area contributed by atoms with Gasteiger partial charge in [-0.2, -0.15) is 13.2 Å². The van der Waals surface area contributed by atoms with E-state index in [-0.39, 0.29) is 17.3 Å². The van der Waals surface area contributed by atoms with E-state index >= 15 is 0 Å². The third-order valence-corrected chi connectivity index (χ3v) is 6.89. The molecule has 1 atom stereocenters. The van der Waals surface area contributed by atoms with Crippen LogP contribution in [0.15, 0.2) is 42.5 Å². The second-order valence-electron chi connectivity index (χ2n) is 9.49. The summed E-state index contributed by atoms with van der Waals surface area (Å²) in [6.45, 7) is 5.67. The van der Waals surface area contributed by atoms with Gasteiger partial charge in [0.2, 0.25) is 21.8 Å². The normalized spacial score (nSPS) is 13.1. The van der Waals surface area contributed by atoms with Crippen LogP contribution in [0.4, 0.5) is 18.9 Å². The molecule has 204 valence electrons. The maximum Gasteiger partial charge on any atom is 0.416 e. The van der Waals surface area contributed by atoms with Gasteiger partial charge in [-0.15, -0.1) is 0 Å². The molecule has 0 saturated heterocycles. The third kappa shape index (κ3) is 8.79. The molecule has 37 heavy (non-hydrogen) atoms. The fraction of sp³-hybridized carbons (Fsp3) is 0.417. The van der Waals surface area contributed by atoms with Gasteiger partial charge in [-0.1, -0.05) is 35.3 Å². The lowest BCUT2D eigenvalue weighted by Gasteiger charge is -2.33. The number of sulfonamides is 1. The number of halogens is 5. The summed E-state index contributed by atoms with van der Waals surface area (Å²) in [5.74, 6) is -1.35. The predicted molar refractivity (Wildman–Crippen MR) is 138 cm³/mol. The Kier molecular flexibility index (Phi) is 9.54. The highest BCUT2D eigenvalue weighted by Crippen LogP contribution is 2.32. The number of alkyl halides is 3. The average Bonchev–Trinajstić information content (AvgIpc) is 2.74. The van der Waals surface area contributed by atoms with Crippen LogP contribution in [0.25, 0.3) is 0 Å². The van der Waals surface area contributed by atoms with Gasteiger partial charge in [0.1, 0.15) is 12.6 Å². The number of hydrogen-bond donors (Lipinski definition) is 1. The van der Waals surface area contributed by atoms with E-state index in [4.69, 9.17) is 23.2 Å². The van der Waals surface area contributed by atoms with Gasteiger partial charge < -0.3 is 10.2 Å². The van der Waals surface area contributed by atoms with E-state index in [0.29, 0.717) is 21.0 Å². The highest BCUT2D eigenvalue weighted by Gasteiger charge is 2.34. The Hall–Kier alpha value is -2.50. The van der Waals surface area contributed by atoms with Gasteiger partial charge in [0.05, 0.1) is 17.5 Å². The molecule has 2 aromatic carbocycles. The summed E-state index contributed by atoms with van der Waals surface area (Å²) in [6.07, 6.45) is -3.95. The van der Waals surface area contributed by atoms with Crippen LogP contribution in [0, 0.1) is 0 Å². The van der Waals surface area contributed by atoms with E-state index in [1.807, 2.05) is 0 Å². The highest BCUT2D eigenvalue weighted by molar-refractivity contribution is 7.92. The maximum absolute atomic E-state index is 13.5. The van der Waals surface area contributed by atoms with Crippen LogP contribution in [0.3, 0.4) is 0 Å². The van der Waals surface area contributed by atoms with Crippen molar-refractivity contribution in [3.8, 4) is 0 Å². The summed E-state index contributed by atoms with van der Waals surface area (Å²) in [5.41, 5.74) is -1.62. The quantitative estimate of drug-likeness (QED) is 0.469. The Bertz CT molecular complexity index is 1260. The third-order valence-electron chi connectivity index (χ3n) is 5.16. The zero-order valence-corrected chi connectivity index (χ0v) is 23.2. The molecule has 0 saturated carbocycles. The number of rotatable bonds is 8. The molecule has 0 spiro atoms. The molecule has 0 unspecified atom stereocenters. The lowest BCUT2D eigenvalue weighted by atomic mass is 10.1. The molecule has 0 heterocycles. The Morgan fingerprint density at radius 2 is 1.68 bits per heavy atom. The molecule has 2 rings (SSSR count). The first-order chi connectivity index (χ1) is 16.8. The van der Waals surface area contributed by atoms with Gasteiger partial charge in [0, 0.05) is 22.1 Å². The SMILES string of the molecule is C[C@H](C(=O)NC(C)(C)C)N(Cc1ccc(Cl)cc1Cl)C(=O)CN(c1cccc(C(F)(F)F)c1)S(C)(=O)=O. The van der Waals surface area contributed by atoms with Crippen LogP contribution >= 0.6 is 23.2 Å². The Balaban J connectivity index is 2.49. The van der Waals surface area contributed by atoms with Gasteiger partial charge in [-0.05, 0) is 63.6 Å². The number of benzene rings is 2. The van der Waals surface area contributed by atoms with Crippen molar-refractivity contribution in [3.05, 3.63) is 63.6 Å². The molecule has 7 nitrogen and oxygen atoms in total. The minimum Gasteiger partial charge on any atom is -0.350 e. The summed E-state index contributed by atoms with van der Waals surface area (Å²) in [7, 11) is -4.20. The monoisotopic (exact) mass is 581 g/mol. The van der Waals surface area contributed by atoms with Crippen LogP contribution in [0.1, 0.15) is 38.8 Å². The van der Waals surface area contributed by atoms with Crippen molar-refractivity contribution >= 4 is 50.7 Å². The number of carbonyl (C=O) groups is 2. The molecule has 0 aliphatic rings. The Labute approximate surface area is 224 Å². The number of hydrogen-bond acceptors (Lipinski definition) is 4. The largest absolute Gasteiger partial charge is 0.416 e. The molecule has 0 bridgehead atoms. The van der Waals surface area contributed by atoms with Crippen molar-refractivity contribution < 1.29 is 31.2 Å². The number of nitrogens with zero attached hydrogens (tertiary/aromatic N) is 2. The Morgan fingerprint density at radius 1 is 1.05 bits per heavy atom. The van der Waals surface area contributed by atoms with E-state index in [2.05, 4.69) is 5.32 Å². The lowest BCUT2D eigenvalue weighted by Crippen LogP contribution is -2.54. The summed E-state index contributed by atoms with van der Waals surface area (Å²) in [4.78, 5) is 27.5. The first-order valence-electron chi connectivity index (χ1n) is 11.0. The van der Waals surface area contributed by atoms with E-state index in [0.717, 1.165) is 29.4 Å². The van der Waals surface area contributed by atoms with Gasteiger partial charge >= 0.3 is 6.18 Å². The standard InChI is InChI=1S/C24H28Cl2F3N3O4S/c1-15(22(34)30-23(2,3)4)31(13-16-9-10-18(25)12-20(16)26)21(33)14-32(37(5,35)36)19-8-6-7-17(11-19)24(27,28)29/h6-12,15H,13-14H2,1-5H3,(H,30,34)/t15-/m1/s1. The summed E-state index contributed by atoms with van der Waals surface area (Å²) in [5, 5.41) is 3.32. The first-order valence-corrected chi connectivity index (χ1v) is 13.6. The van der Waals surface area contributed by atoms with Crippen molar-refractivity contribution in [1.82, 2.24) is 10.2 Å².